The number of rotatable bonds is 1. The fourth-order valence-corrected chi connectivity index (χ4v) is 1.43. The summed E-state index contributed by atoms with van der Waals surface area (Å²) in [7, 11) is 0. The molecule has 0 saturated heterocycles. The molecule has 0 aliphatic rings. The van der Waals surface area contributed by atoms with Crippen molar-refractivity contribution >= 4 is 11.2 Å². The first kappa shape index (κ1) is 10.1. The summed E-state index contributed by atoms with van der Waals surface area (Å²) in [5.74, 6) is 0.753. The third-order valence-corrected chi connectivity index (χ3v) is 2.46. The van der Waals surface area contributed by atoms with Crippen molar-refractivity contribution in [3.8, 4) is 0 Å². The maximum Gasteiger partial charge on any atom is 0.246 e. The molecule has 0 bridgehead atoms. The molecular weight excluding hydrogens is 188 g/mol. The van der Waals surface area contributed by atoms with Gasteiger partial charge in [0.05, 0.1) is 0 Å². The SMILES string of the molecule is CCc1nc2cc(C(C)(C)C)cnc2o1. The fourth-order valence-electron chi connectivity index (χ4n) is 1.43. The molecule has 0 fully saturated rings. The summed E-state index contributed by atoms with van der Waals surface area (Å²) in [6.45, 7) is 8.51. The number of oxazole rings is 1. The highest BCUT2D eigenvalue weighted by Crippen LogP contribution is 2.24. The van der Waals surface area contributed by atoms with E-state index in [1.807, 2.05) is 13.1 Å². The Morgan fingerprint density at radius 3 is 2.67 bits per heavy atom. The monoisotopic (exact) mass is 204 g/mol. The van der Waals surface area contributed by atoms with Crippen LogP contribution in [0.25, 0.3) is 11.2 Å². The smallest absolute Gasteiger partial charge is 0.246 e. The largest absolute Gasteiger partial charge is 0.422 e. The third-order valence-electron chi connectivity index (χ3n) is 2.46. The van der Waals surface area contributed by atoms with E-state index in [0.29, 0.717) is 5.71 Å². The van der Waals surface area contributed by atoms with Gasteiger partial charge < -0.3 is 4.42 Å². The predicted octanol–water partition coefficient (Wildman–Crippen LogP) is 3.08. The first-order valence-electron chi connectivity index (χ1n) is 5.26. The lowest BCUT2D eigenvalue weighted by Crippen LogP contribution is -2.11. The molecule has 0 N–H and O–H groups in total. The van der Waals surface area contributed by atoms with Crippen molar-refractivity contribution in [3.05, 3.63) is 23.7 Å². The van der Waals surface area contributed by atoms with Gasteiger partial charge in [-0.25, -0.2) is 9.97 Å². The van der Waals surface area contributed by atoms with Crippen molar-refractivity contribution in [1.29, 1.82) is 0 Å². The Morgan fingerprint density at radius 1 is 1.33 bits per heavy atom. The van der Waals surface area contributed by atoms with Gasteiger partial charge in [-0.05, 0) is 17.0 Å². The van der Waals surface area contributed by atoms with E-state index < -0.39 is 0 Å². The lowest BCUT2D eigenvalue weighted by Gasteiger charge is -2.17. The lowest BCUT2D eigenvalue weighted by molar-refractivity contribution is 0.528. The molecule has 80 valence electrons. The molecule has 0 radical (unpaired) electrons. The average Bonchev–Trinajstić information content (AvgIpc) is 2.57. The summed E-state index contributed by atoms with van der Waals surface area (Å²) in [4.78, 5) is 8.66. The summed E-state index contributed by atoms with van der Waals surface area (Å²) >= 11 is 0. The van der Waals surface area contributed by atoms with Crippen molar-refractivity contribution < 1.29 is 4.42 Å². The van der Waals surface area contributed by atoms with E-state index in [1.54, 1.807) is 0 Å². The molecule has 3 heteroatoms. The normalized spacial score (nSPS) is 12.3. The van der Waals surface area contributed by atoms with Gasteiger partial charge in [-0.1, -0.05) is 27.7 Å². The highest BCUT2D eigenvalue weighted by molar-refractivity contribution is 5.68. The molecule has 0 saturated carbocycles. The maximum atomic E-state index is 5.46. The zero-order valence-corrected chi connectivity index (χ0v) is 9.66. The third kappa shape index (κ3) is 1.87. The number of aryl methyl sites for hydroxylation is 1. The van der Waals surface area contributed by atoms with Crippen LogP contribution in [0.5, 0.6) is 0 Å². The highest BCUT2D eigenvalue weighted by Gasteiger charge is 2.16. The molecule has 0 spiro atoms. The minimum atomic E-state index is 0.104. The summed E-state index contributed by atoms with van der Waals surface area (Å²) < 4.78 is 5.46. The Hall–Kier alpha value is -1.38. The Morgan fingerprint density at radius 2 is 2.07 bits per heavy atom. The van der Waals surface area contributed by atoms with Crippen LogP contribution in [-0.2, 0) is 11.8 Å². The predicted molar refractivity (Wildman–Crippen MR) is 59.9 cm³/mol. The number of hydrogen-bond donors (Lipinski definition) is 0. The van der Waals surface area contributed by atoms with Crippen LogP contribution in [0.4, 0.5) is 0 Å². The van der Waals surface area contributed by atoms with Gasteiger partial charge in [0.2, 0.25) is 5.71 Å². The molecule has 0 aromatic carbocycles. The number of aromatic nitrogens is 2. The first-order valence-corrected chi connectivity index (χ1v) is 5.26. The topological polar surface area (TPSA) is 38.9 Å². The molecule has 3 nitrogen and oxygen atoms in total. The van der Waals surface area contributed by atoms with E-state index in [2.05, 4.69) is 36.8 Å². The van der Waals surface area contributed by atoms with Crippen LogP contribution in [-0.4, -0.2) is 9.97 Å². The van der Waals surface area contributed by atoms with E-state index in [4.69, 9.17) is 4.42 Å². The number of nitrogens with zero attached hydrogens (tertiary/aromatic N) is 2. The zero-order valence-electron chi connectivity index (χ0n) is 9.66. The molecule has 2 aromatic heterocycles. The number of hydrogen-bond acceptors (Lipinski definition) is 3. The fraction of sp³-hybridized carbons (Fsp3) is 0.500. The van der Waals surface area contributed by atoms with Gasteiger partial charge >= 0.3 is 0 Å². The van der Waals surface area contributed by atoms with Crippen molar-refractivity contribution in [3.63, 3.8) is 0 Å². The Balaban J connectivity index is 2.55. The minimum absolute atomic E-state index is 0.104. The molecule has 0 aliphatic heterocycles. The summed E-state index contributed by atoms with van der Waals surface area (Å²) in [6, 6.07) is 2.06. The molecule has 2 heterocycles. The molecule has 0 unspecified atom stereocenters. The van der Waals surface area contributed by atoms with Crippen LogP contribution >= 0.6 is 0 Å². The molecule has 0 aliphatic carbocycles. The van der Waals surface area contributed by atoms with Gasteiger partial charge in [0.1, 0.15) is 5.52 Å². The van der Waals surface area contributed by atoms with Crippen LogP contribution in [0.15, 0.2) is 16.7 Å². The Bertz CT molecular complexity index is 480. The van der Waals surface area contributed by atoms with E-state index >= 15 is 0 Å². The highest BCUT2D eigenvalue weighted by atomic mass is 16.4. The standard InChI is InChI=1S/C12H16N2O/c1-5-10-14-9-6-8(12(2,3)4)7-13-11(9)15-10/h6-7H,5H2,1-4H3. The maximum absolute atomic E-state index is 5.46. The summed E-state index contributed by atoms with van der Waals surface area (Å²) in [5, 5.41) is 0. The van der Waals surface area contributed by atoms with Crippen LogP contribution in [0, 0.1) is 0 Å². The molecule has 2 rings (SSSR count). The van der Waals surface area contributed by atoms with E-state index in [1.165, 1.54) is 5.56 Å². The van der Waals surface area contributed by atoms with Crippen LogP contribution in [0.3, 0.4) is 0 Å². The second-order valence-corrected chi connectivity index (χ2v) is 4.76. The van der Waals surface area contributed by atoms with Crippen molar-refractivity contribution in [2.75, 3.05) is 0 Å². The Kier molecular flexibility index (Phi) is 2.25. The van der Waals surface area contributed by atoms with Gasteiger partial charge in [-0.2, -0.15) is 0 Å². The average molecular weight is 204 g/mol. The van der Waals surface area contributed by atoms with Gasteiger partial charge in [0, 0.05) is 12.6 Å². The van der Waals surface area contributed by atoms with E-state index in [9.17, 15) is 0 Å². The number of fused-ring (bicyclic) bond motifs is 1. The second-order valence-electron chi connectivity index (χ2n) is 4.76. The quantitative estimate of drug-likeness (QED) is 0.716. The van der Waals surface area contributed by atoms with Crippen LogP contribution in [0.2, 0.25) is 0 Å². The molecular formula is C12H16N2O. The summed E-state index contributed by atoms with van der Waals surface area (Å²) in [6.07, 6.45) is 2.67. The Labute approximate surface area is 89.5 Å². The van der Waals surface area contributed by atoms with Crippen molar-refractivity contribution in [2.45, 2.75) is 39.5 Å². The van der Waals surface area contributed by atoms with Crippen LogP contribution < -0.4 is 0 Å². The minimum Gasteiger partial charge on any atom is -0.422 e. The molecule has 15 heavy (non-hydrogen) atoms. The van der Waals surface area contributed by atoms with Gasteiger partial charge in [-0.15, -0.1) is 0 Å². The summed E-state index contributed by atoms with van der Waals surface area (Å²) in [5.41, 5.74) is 2.79. The molecule has 0 atom stereocenters. The van der Waals surface area contributed by atoms with Crippen LogP contribution in [0.1, 0.15) is 39.1 Å². The first-order chi connectivity index (χ1) is 7.00. The zero-order chi connectivity index (χ0) is 11.1. The van der Waals surface area contributed by atoms with E-state index in [-0.39, 0.29) is 5.41 Å². The second kappa shape index (κ2) is 3.33. The molecule has 2 aromatic rings. The van der Waals surface area contributed by atoms with Gasteiger partial charge in [-0.3, -0.25) is 0 Å². The van der Waals surface area contributed by atoms with Crippen molar-refractivity contribution in [2.24, 2.45) is 0 Å². The lowest BCUT2D eigenvalue weighted by atomic mass is 9.88. The number of pyridine rings is 1. The molecule has 0 amide bonds. The van der Waals surface area contributed by atoms with Crippen molar-refractivity contribution in [1.82, 2.24) is 9.97 Å². The van der Waals surface area contributed by atoms with Gasteiger partial charge in [0.25, 0.3) is 0 Å². The van der Waals surface area contributed by atoms with E-state index in [0.717, 1.165) is 17.8 Å². The van der Waals surface area contributed by atoms with Gasteiger partial charge in [0.15, 0.2) is 5.89 Å².